The minimum atomic E-state index is -0.936. The van der Waals surface area contributed by atoms with Gasteiger partial charge in [-0.2, -0.15) is 0 Å². The van der Waals surface area contributed by atoms with Crippen LogP contribution < -0.4 is 5.32 Å². The van der Waals surface area contributed by atoms with Crippen LogP contribution in [0.1, 0.15) is 38.5 Å². The second-order valence-electron chi connectivity index (χ2n) is 7.82. The monoisotopic (exact) mass is 399 g/mol. The van der Waals surface area contributed by atoms with Gasteiger partial charge in [-0.3, -0.25) is 0 Å². The Morgan fingerprint density at radius 2 is 1.57 bits per heavy atom. The molecular weight excluding hydrogens is 378 g/mol. The Bertz CT molecular complexity index is 1110. The van der Waals surface area contributed by atoms with E-state index in [9.17, 15) is 14.7 Å². The van der Waals surface area contributed by atoms with Crippen molar-refractivity contribution >= 4 is 12.1 Å². The standard InChI is InChI=1S/C25H21NO4/c27-24(28)21-11-5-6-15-12-16(13-22(15)21)26-25(29)30-14-23-19-9-3-1-7-17(19)18-8-2-4-10-20(18)23/h1-11,16,23H,12-14H2,(H,26,29)(H,27,28). The zero-order chi connectivity index (χ0) is 20.7. The van der Waals surface area contributed by atoms with Gasteiger partial charge in [-0.05, 0) is 52.3 Å². The summed E-state index contributed by atoms with van der Waals surface area (Å²) in [5.41, 5.74) is 6.80. The minimum absolute atomic E-state index is 0.0162. The van der Waals surface area contributed by atoms with Crippen molar-refractivity contribution in [2.45, 2.75) is 24.8 Å². The number of carboxylic acids is 1. The van der Waals surface area contributed by atoms with Gasteiger partial charge in [0.1, 0.15) is 6.61 Å². The summed E-state index contributed by atoms with van der Waals surface area (Å²) in [5.74, 6) is -0.920. The van der Waals surface area contributed by atoms with E-state index in [1.165, 1.54) is 22.3 Å². The van der Waals surface area contributed by atoms with Gasteiger partial charge in [0.15, 0.2) is 0 Å². The summed E-state index contributed by atoms with van der Waals surface area (Å²) in [6, 6.07) is 21.6. The third-order valence-electron chi connectivity index (χ3n) is 6.09. The van der Waals surface area contributed by atoms with Gasteiger partial charge in [0.25, 0.3) is 0 Å². The van der Waals surface area contributed by atoms with E-state index >= 15 is 0 Å². The topological polar surface area (TPSA) is 75.6 Å². The second kappa shape index (κ2) is 7.34. The van der Waals surface area contributed by atoms with Gasteiger partial charge >= 0.3 is 12.1 Å². The van der Waals surface area contributed by atoms with Crippen molar-refractivity contribution in [1.82, 2.24) is 5.32 Å². The van der Waals surface area contributed by atoms with Gasteiger partial charge in [0.2, 0.25) is 0 Å². The summed E-state index contributed by atoms with van der Waals surface area (Å²) in [5, 5.41) is 12.3. The van der Waals surface area contributed by atoms with E-state index in [-0.39, 0.29) is 18.6 Å². The van der Waals surface area contributed by atoms with E-state index in [1.807, 2.05) is 30.3 Å². The summed E-state index contributed by atoms with van der Waals surface area (Å²) >= 11 is 0. The van der Waals surface area contributed by atoms with Crippen molar-refractivity contribution in [2.75, 3.05) is 6.61 Å². The lowest BCUT2D eigenvalue weighted by Crippen LogP contribution is -2.36. The lowest BCUT2D eigenvalue weighted by Gasteiger charge is -2.16. The molecule has 3 aromatic carbocycles. The van der Waals surface area contributed by atoms with Crippen molar-refractivity contribution in [3.8, 4) is 11.1 Å². The summed E-state index contributed by atoms with van der Waals surface area (Å²) in [6.07, 6.45) is 0.648. The van der Waals surface area contributed by atoms with E-state index in [0.717, 1.165) is 11.1 Å². The first-order chi connectivity index (χ1) is 14.6. The van der Waals surface area contributed by atoms with Gasteiger partial charge in [0.05, 0.1) is 5.56 Å². The van der Waals surface area contributed by atoms with Crippen LogP contribution in [0.15, 0.2) is 66.7 Å². The van der Waals surface area contributed by atoms with E-state index in [4.69, 9.17) is 4.74 Å². The molecule has 3 aromatic rings. The molecule has 1 amide bonds. The molecule has 1 unspecified atom stereocenters. The Morgan fingerprint density at radius 3 is 2.23 bits per heavy atom. The van der Waals surface area contributed by atoms with Crippen LogP contribution >= 0.6 is 0 Å². The maximum atomic E-state index is 12.5. The van der Waals surface area contributed by atoms with Crippen molar-refractivity contribution in [2.24, 2.45) is 0 Å². The van der Waals surface area contributed by atoms with E-state index in [0.29, 0.717) is 18.4 Å². The Kier molecular flexibility index (Phi) is 4.51. The third-order valence-corrected chi connectivity index (χ3v) is 6.09. The molecule has 5 nitrogen and oxygen atoms in total. The number of carbonyl (C=O) groups is 2. The number of ether oxygens (including phenoxy) is 1. The Balaban J connectivity index is 1.26. The molecule has 0 fully saturated rings. The second-order valence-corrected chi connectivity index (χ2v) is 7.82. The van der Waals surface area contributed by atoms with Crippen LogP contribution in [0.5, 0.6) is 0 Å². The molecule has 0 aromatic heterocycles. The highest BCUT2D eigenvalue weighted by molar-refractivity contribution is 5.90. The largest absolute Gasteiger partial charge is 0.478 e. The van der Waals surface area contributed by atoms with E-state index in [2.05, 4.69) is 29.6 Å². The lowest BCUT2D eigenvalue weighted by molar-refractivity contribution is 0.0695. The number of rotatable bonds is 4. The van der Waals surface area contributed by atoms with Gasteiger partial charge in [-0.15, -0.1) is 0 Å². The van der Waals surface area contributed by atoms with Crippen molar-refractivity contribution in [3.63, 3.8) is 0 Å². The minimum Gasteiger partial charge on any atom is -0.478 e. The number of amides is 1. The molecule has 2 N–H and O–H groups in total. The van der Waals surface area contributed by atoms with Gasteiger partial charge < -0.3 is 15.2 Å². The number of benzene rings is 3. The molecule has 0 bridgehead atoms. The maximum absolute atomic E-state index is 12.5. The van der Waals surface area contributed by atoms with Gasteiger partial charge in [0, 0.05) is 12.0 Å². The van der Waals surface area contributed by atoms with E-state index in [1.54, 1.807) is 12.1 Å². The van der Waals surface area contributed by atoms with Crippen LogP contribution in [-0.2, 0) is 17.6 Å². The van der Waals surface area contributed by atoms with Crippen LogP contribution in [0.4, 0.5) is 4.79 Å². The maximum Gasteiger partial charge on any atom is 0.407 e. The first-order valence-electron chi connectivity index (χ1n) is 10.1. The summed E-state index contributed by atoms with van der Waals surface area (Å²) in [6.45, 7) is 0.264. The number of nitrogens with one attached hydrogen (secondary N) is 1. The van der Waals surface area contributed by atoms with Crippen LogP contribution in [0, 0.1) is 0 Å². The van der Waals surface area contributed by atoms with E-state index < -0.39 is 12.1 Å². The summed E-state index contributed by atoms with van der Waals surface area (Å²) in [7, 11) is 0. The molecule has 5 rings (SSSR count). The predicted octanol–water partition coefficient (Wildman–Crippen LogP) is 4.39. The highest BCUT2D eigenvalue weighted by Gasteiger charge is 2.30. The molecule has 30 heavy (non-hydrogen) atoms. The van der Waals surface area contributed by atoms with Gasteiger partial charge in [-0.25, -0.2) is 9.59 Å². The molecule has 0 heterocycles. The van der Waals surface area contributed by atoms with Gasteiger partial charge in [-0.1, -0.05) is 60.7 Å². The first kappa shape index (κ1) is 18.4. The molecule has 0 radical (unpaired) electrons. The fourth-order valence-corrected chi connectivity index (χ4v) is 4.76. The fraction of sp³-hybridized carbons (Fsp3) is 0.200. The fourth-order valence-electron chi connectivity index (χ4n) is 4.76. The third kappa shape index (κ3) is 3.12. The molecule has 150 valence electrons. The van der Waals surface area contributed by atoms with Crippen LogP contribution in [0.25, 0.3) is 11.1 Å². The quantitative estimate of drug-likeness (QED) is 0.682. The summed E-state index contributed by atoms with van der Waals surface area (Å²) < 4.78 is 5.61. The number of fused-ring (bicyclic) bond motifs is 4. The zero-order valence-electron chi connectivity index (χ0n) is 16.3. The van der Waals surface area contributed by atoms with Crippen molar-refractivity contribution in [3.05, 3.63) is 94.5 Å². The molecule has 0 spiro atoms. The molecule has 0 aliphatic heterocycles. The Hall–Kier alpha value is -3.60. The number of carboxylic acid groups (broad SMARTS) is 1. The Morgan fingerprint density at radius 1 is 0.900 bits per heavy atom. The molecule has 2 aliphatic carbocycles. The highest BCUT2D eigenvalue weighted by Crippen LogP contribution is 2.44. The number of carbonyl (C=O) groups excluding carboxylic acids is 1. The molecule has 1 atom stereocenters. The van der Waals surface area contributed by atoms with Crippen LogP contribution in [0.3, 0.4) is 0 Å². The smallest absolute Gasteiger partial charge is 0.407 e. The molecule has 0 saturated carbocycles. The molecular formula is C25H21NO4. The number of hydrogen-bond acceptors (Lipinski definition) is 3. The number of hydrogen-bond donors (Lipinski definition) is 2. The Labute approximate surface area is 174 Å². The first-order valence-corrected chi connectivity index (χ1v) is 10.1. The van der Waals surface area contributed by atoms with Crippen LogP contribution in [-0.4, -0.2) is 29.8 Å². The zero-order valence-corrected chi connectivity index (χ0v) is 16.3. The number of aromatic carboxylic acids is 1. The predicted molar refractivity (Wildman–Crippen MR) is 113 cm³/mol. The van der Waals surface area contributed by atoms with Crippen LogP contribution in [0.2, 0.25) is 0 Å². The van der Waals surface area contributed by atoms with Crippen molar-refractivity contribution < 1.29 is 19.4 Å². The average molecular weight is 399 g/mol. The molecule has 2 aliphatic rings. The molecule has 5 heteroatoms. The highest BCUT2D eigenvalue weighted by atomic mass is 16.5. The normalized spacial score (nSPS) is 16.5. The van der Waals surface area contributed by atoms with Crippen molar-refractivity contribution in [1.29, 1.82) is 0 Å². The molecule has 0 saturated heterocycles. The average Bonchev–Trinajstić information content (AvgIpc) is 3.30. The lowest BCUT2D eigenvalue weighted by atomic mass is 9.98. The summed E-state index contributed by atoms with van der Waals surface area (Å²) in [4.78, 5) is 23.9. The SMILES string of the molecule is O=C(NC1Cc2cccc(C(=O)O)c2C1)OCC1c2ccccc2-c2ccccc21. The number of alkyl carbamates (subject to hydrolysis) is 1.